The van der Waals surface area contributed by atoms with Crippen molar-refractivity contribution in [2.24, 2.45) is 0 Å². The van der Waals surface area contributed by atoms with E-state index in [-0.39, 0.29) is 25.4 Å². The van der Waals surface area contributed by atoms with Gasteiger partial charge in [0.1, 0.15) is 5.75 Å². The molecule has 0 aromatic heterocycles. The third-order valence-corrected chi connectivity index (χ3v) is 4.87. The summed E-state index contributed by atoms with van der Waals surface area (Å²) in [6.07, 6.45) is 0.0530. The lowest BCUT2D eigenvalue weighted by Gasteiger charge is -2.21. The zero-order valence-corrected chi connectivity index (χ0v) is 17.0. The van der Waals surface area contributed by atoms with E-state index in [2.05, 4.69) is 5.32 Å². The molecule has 0 radical (unpaired) electrons. The molecule has 0 spiro atoms. The monoisotopic (exact) mass is 416 g/mol. The number of nitrogens with one attached hydrogen (secondary N) is 1. The normalized spacial score (nSPS) is 12.1. The van der Waals surface area contributed by atoms with Gasteiger partial charge in [-0.1, -0.05) is 30.3 Å². The summed E-state index contributed by atoms with van der Waals surface area (Å²) in [5.74, 6) is -1.42. The highest BCUT2D eigenvalue weighted by molar-refractivity contribution is 6.43. The molecule has 8 nitrogen and oxygen atoms in total. The van der Waals surface area contributed by atoms with Gasteiger partial charge in [0.15, 0.2) is 0 Å². The molecular formula is C21H29BN2O6. The van der Waals surface area contributed by atoms with E-state index in [4.69, 9.17) is 10.2 Å². The minimum absolute atomic E-state index is 0.0396. The van der Waals surface area contributed by atoms with E-state index in [1.807, 2.05) is 11.0 Å². The van der Waals surface area contributed by atoms with Gasteiger partial charge in [-0.05, 0) is 42.2 Å². The first-order valence-corrected chi connectivity index (χ1v) is 9.83. The smallest absolute Gasteiger partial charge is 0.475 e. The number of nitrogens with zero attached hydrogens (tertiary/aromatic N) is 1. The molecule has 2 rings (SSSR count). The van der Waals surface area contributed by atoms with Gasteiger partial charge in [-0.3, -0.25) is 9.69 Å². The quantitative estimate of drug-likeness (QED) is 0.281. The molecule has 0 unspecified atom stereocenters. The van der Waals surface area contributed by atoms with Gasteiger partial charge in [0, 0.05) is 25.2 Å². The van der Waals surface area contributed by atoms with E-state index in [0.717, 1.165) is 5.56 Å². The number of carbonyl (C=O) groups is 1. The molecule has 1 atom stereocenters. The lowest BCUT2D eigenvalue weighted by atomic mass is 9.75. The minimum Gasteiger partial charge on any atom is -0.507 e. The molecule has 30 heavy (non-hydrogen) atoms. The highest BCUT2D eigenvalue weighted by atomic mass is 16.4. The first-order valence-electron chi connectivity index (χ1n) is 9.83. The molecule has 0 bridgehead atoms. The van der Waals surface area contributed by atoms with Crippen molar-refractivity contribution >= 4 is 13.0 Å². The Morgan fingerprint density at radius 3 is 2.40 bits per heavy atom. The van der Waals surface area contributed by atoms with Gasteiger partial charge in [0.25, 0.3) is 5.91 Å². The molecule has 2 aromatic rings. The number of rotatable bonds is 11. The maximum atomic E-state index is 12.7. The van der Waals surface area contributed by atoms with Gasteiger partial charge in [-0.25, -0.2) is 0 Å². The number of hydrogen-bond acceptors (Lipinski definition) is 7. The molecule has 0 heterocycles. The Labute approximate surface area is 176 Å². The SMILES string of the molecule is Cc1cccc(C[C@H](NC(=O)c2cccc(CN(CCO)CCO)c2)B(O)O)c1O. The van der Waals surface area contributed by atoms with Crippen molar-refractivity contribution < 1.29 is 30.2 Å². The number of aromatic hydroxyl groups is 1. The van der Waals surface area contributed by atoms with Crippen molar-refractivity contribution in [2.75, 3.05) is 26.3 Å². The number of para-hydroxylation sites is 1. The van der Waals surface area contributed by atoms with Crippen LogP contribution in [0.1, 0.15) is 27.0 Å². The largest absolute Gasteiger partial charge is 0.507 e. The topological polar surface area (TPSA) is 133 Å². The Hall–Kier alpha value is -2.43. The van der Waals surface area contributed by atoms with Crippen molar-refractivity contribution in [2.45, 2.75) is 25.8 Å². The van der Waals surface area contributed by atoms with Crippen LogP contribution in [-0.2, 0) is 13.0 Å². The lowest BCUT2D eigenvalue weighted by molar-refractivity contribution is 0.0941. The zero-order valence-electron chi connectivity index (χ0n) is 17.0. The number of hydrogen-bond donors (Lipinski definition) is 6. The molecular weight excluding hydrogens is 387 g/mol. The standard InChI is InChI=1S/C21H29BN2O6/c1-15-4-2-6-17(20(15)27)13-19(22(29)30)23-21(28)18-7-3-5-16(12-18)14-24(8-10-25)9-11-26/h2-7,12,19,25-27,29-30H,8-11,13-14H2,1H3,(H,23,28)/t19-/m0/s1. The summed E-state index contributed by atoms with van der Waals surface area (Å²) in [4.78, 5) is 14.6. The van der Waals surface area contributed by atoms with Crippen LogP contribution in [0, 0.1) is 6.92 Å². The van der Waals surface area contributed by atoms with Crippen LogP contribution in [0.5, 0.6) is 5.75 Å². The summed E-state index contributed by atoms with van der Waals surface area (Å²) in [6.45, 7) is 2.91. The van der Waals surface area contributed by atoms with Crippen LogP contribution in [0.25, 0.3) is 0 Å². The fraction of sp³-hybridized carbons (Fsp3) is 0.381. The fourth-order valence-corrected chi connectivity index (χ4v) is 3.23. The number of aliphatic hydroxyl groups excluding tert-OH is 2. The predicted molar refractivity (Wildman–Crippen MR) is 114 cm³/mol. The number of amides is 1. The lowest BCUT2D eigenvalue weighted by Crippen LogP contribution is -2.48. The van der Waals surface area contributed by atoms with Crippen LogP contribution in [-0.4, -0.2) is 75.5 Å². The number of phenolic OH excluding ortho intramolecular Hbond substituents is 1. The summed E-state index contributed by atoms with van der Waals surface area (Å²) < 4.78 is 0. The van der Waals surface area contributed by atoms with Crippen LogP contribution >= 0.6 is 0 Å². The third kappa shape index (κ3) is 6.82. The molecule has 9 heteroatoms. The second-order valence-corrected chi connectivity index (χ2v) is 7.20. The summed E-state index contributed by atoms with van der Waals surface area (Å²) in [7, 11) is -1.80. The molecule has 6 N–H and O–H groups in total. The fourth-order valence-electron chi connectivity index (χ4n) is 3.23. The Bertz CT molecular complexity index is 827. The number of carbonyl (C=O) groups excluding carboxylic acids is 1. The van der Waals surface area contributed by atoms with Gasteiger partial charge in [0.05, 0.1) is 19.2 Å². The van der Waals surface area contributed by atoms with Crippen LogP contribution in [0.3, 0.4) is 0 Å². The van der Waals surface area contributed by atoms with Crippen LogP contribution in [0.4, 0.5) is 0 Å². The average molecular weight is 416 g/mol. The number of aryl methyl sites for hydroxylation is 1. The van der Waals surface area contributed by atoms with Crippen molar-refractivity contribution in [3.8, 4) is 5.75 Å². The number of phenols is 1. The maximum Gasteiger partial charge on any atom is 0.475 e. The Morgan fingerprint density at radius 2 is 1.77 bits per heavy atom. The molecule has 0 fully saturated rings. The van der Waals surface area contributed by atoms with Crippen molar-refractivity contribution in [1.29, 1.82) is 0 Å². The minimum atomic E-state index is -1.80. The van der Waals surface area contributed by atoms with Crippen molar-refractivity contribution in [3.63, 3.8) is 0 Å². The Balaban J connectivity index is 2.11. The summed E-state index contributed by atoms with van der Waals surface area (Å²) in [5, 5.41) is 50.5. The summed E-state index contributed by atoms with van der Waals surface area (Å²) in [5.41, 5.74) is 2.33. The number of benzene rings is 2. The third-order valence-electron chi connectivity index (χ3n) is 4.87. The van der Waals surface area contributed by atoms with Crippen LogP contribution < -0.4 is 5.32 Å². The molecule has 0 aliphatic carbocycles. The predicted octanol–water partition coefficient (Wildman–Crippen LogP) is -0.160. The van der Waals surface area contributed by atoms with Crippen LogP contribution in [0.2, 0.25) is 0 Å². The number of aliphatic hydroxyl groups is 2. The van der Waals surface area contributed by atoms with Gasteiger partial charge >= 0.3 is 7.12 Å². The Morgan fingerprint density at radius 1 is 1.10 bits per heavy atom. The van der Waals surface area contributed by atoms with Crippen molar-refractivity contribution in [1.82, 2.24) is 10.2 Å². The molecule has 0 saturated carbocycles. The second kappa shape index (κ2) is 11.7. The van der Waals surface area contributed by atoms with E-state index in [9.17, 15) is 19.9 Å². The molecule has 0 aliphatic rings. The molecule has 162 valence electrons. The highest BCUT2D eigenvalue weighted by Gasteiger charge is 2.27. The van der Waals surface area contributed by atoms with E-state index in [0.29, 0.717) is 36.3 Å². The van der Waals surface area contributed by atoms with Crippen molar-refractivity contribution in [3.05, 3.63) is 64.7 Å². The average Bonchev–Trinajstić information content (AvgIpc) is 2.71. The molecule has 1 amide bonds. The zero-order chi connectivity index (χ0) is 22.1. The highest BCUT2D eigenvalue weighted by Crippen LogP contribution is 2.23. The van der Waals surface area contributed by atoms with Gasteiger partial charge in [0.2, 0.25) is 0 Å². The summed E-state index contributed by atoms with van der Waals surface area (Å²) in [6, 6.07) is 12.0. The van der Waals surface area contributed by atoms with E-state index < -0.39 is 19.0 Å². The first kappa shape index (κ1) is 23.9. The van der Waals surface area contributed by atoms with E-state index >= 15 is 0 Å². The van der Waals surface area contributed by atoms with Gasteiger partial charge < -0.3 is 30.7 Å². The second-order valence-electron chi connectivity index (χ2n) is 7.20. The van der Waals surface area contributed by atoms with E-state index in [1.165, 1.54) is 0 Å². The van der Waals surface area contributed by atoms with Gasteiger partial charge in [-0.15, -0.1) is 0 Å². The molecule has 0 aliphatic heterocycles. The maximum absolute atomic E-state index is 12.7. The van der Waals surface area contributed by atoms with Crippen LogP contribution in [0.15, 0.2) is 42.5 Å². The molecule has 0 saturated heterocycles. The van der Waals surface area contributed by atoms with Gasteiger partial charge in [-0.2, -0.15) is 0 Å². The first-order chi connectivity index (χ1) is 14.3. The molecule has 2 aromatic carbocycles. The summed E-state index contributed by atoms with van der Waals surface area (Å²) >= 11 is 0. The van der Waals surface area contributed by atoms with E-state index in [1.54, 1.807) is 43.3 Å². The Kier molecular flexibility index (Phi) is 9.29.